The van der Waals surface area contributed by atoms with Gasteiger partial charge in [-0.15, -0.1) is 0 Å². The van der Waals surface area contributed by atoms with Crippen molar-refractivity contribution in [1.29, 1.82) is 0 Å². The van der Waals surface area contributed by atoms with Gasteiger partial charge in [-0.25, -0.2) is 0 Å². The lowest BCUT2D eigenvalue weighted by Crippen LogP contribution is -2.26. The lowest BCUT2D eigenvalue weighted by Gasteiger charge is -2.16. The van der Waals surface area contributed by atoms with Gasteiger partial charge in [0, 0.05) is 36.7 Å². The third-order valence-electron chi connectivity index (χ3n) is 2.93. The molecule has 2 rings (SSSR count). The molecule has 0 aliphatic rings. The van der Waals surface area contributed by atoms with Crippen LogP contribution in [0.25, 0.3) is 0 Å². The number of nitrogens with zero attached hydrogens (tertiary/aromatic N) is 1. The molecule has 0 unspecified atom stereocenters. The second kappa shape index (κ2) is 7.32. The van der Waals surface area contributed by atoms with Gasteiger partial charge in [0.1, 0.15) is 0 Å². The maximum Gasteiger partial charge on any atom is 0.253 e. The largest absolute Gasteiger partial charge is 0.472 e. The molecule has 0 spiro atoms. The molecule has 0 atom stereocenters. The molecule has 1 aromatic heterocycles. The lowest BCUT2D eigenvalue weighted by atomic mass is 10.1. The fourth-order valence-corrected chi connectivity index (χ4v) is 1.90. The molecule has 1 amide bonds. The highest BCUT2D eigenvalue weighted by Crippen LogP contribution is 2.10. The summed E-state index contributed by atoms with van der Waals surface area (Å²) in [6.45, 7) is 0.537. The first-order valence-electron chi connectivity index (χ1n) is 6.67. The summed E-state index contributed by atoms with van der Waals surface area (Å²) in [5.41, 5.74) is 2.31. The summed E-state index contributed by atoms with van der Waals surface area (Å²) in [6.07, 6.45) is 3.64. The van der Waals surface area contributed by atoms with Crippen LogP contribution in [0.15, 0.2) is 47.3 Å². The molecule has 1 heterocycles. The molecule has 108 valence electrons. The highest BCUT2D eigenvalue weighted by molar-refractivity contribution is 5.94. The first-order valence-corrected chi connectivity index (χ1v) is 6.67. The van der Waals surface area contributed by atoms with Crippen molar-refractivity contribution < 1.29 is 14.3 Å². The molecule has 0 aliphatic heterocycles. The number of rotatable bonds is 4. The second-order valence-electron chi connectivity index (χ2n) is 4.65. The molecule has 4 nitrogen and oxygen atoms in total. The number of hydrogen-bond acceptors (Lipinski definition) is 3. The van der Waals surface area contributed by atoms with Gasteiger partial charge in [0.25, 0.3) is 5.91 Å². The van der Waals surface area contributed by atoms with Crippen LogP contribution in [-0.2, 0) is 6.54 Å². The van der Waals surface area contributed by atoms with Gasteiger partial charge in [-0.05, 0) is 24.3 Å². The molecular formula is C17H17NO3. The molecule has 21 heavy (non-hydrogen) atoms. The van der Waals surface area contributed by atoms with Gasteiger partial charge < -0.3 is 14.4 Å². The molecule has 0 fully saturated rings. The molecule has 0 saturated carbocycles. The SMILES string of the molecule is CN(Cc1ccoc1)C(=O)c1cccc(C#CCCO)c1. The van der Waals surface area contributed by atoms with E-state index in [0.29, 0.717) is 18.5 Å². The number of furan rings is 1. The maximum absolute atomic E-state index is 12.4. The average molecular weight is 283 g/mol. The van der Waals surface area contributed by atoms with Crippen LogP contribution in [0.3, 0.4) is 0 Å². The van der Waals surface area contributed by atoms with Crippen LogP contribution in [-0.4, -0.2) is 29.6 Å². The van der Waals surface area contributed by atoms with Crippen LogP contribution in [0.2, 0.25) is 0 Å². The molecule has 4 heteroatoms. The minimum atomic E-state index is -0.0676. The molecule has 0 bridgehead atoms. The van der Waals surface area contributed by atoms with Crippen molar-refractivity contribution in [1.82, 2.24) is 4.90 Å². The smallest absolute Gasteiger partial charge is 0.253 e. The Balaban J connectivity index is 2.08. The standard InChI is InChI=1S/C17H17NO3/c1-18(12-15-8-10-21-13-15)17(20)16-7-4-6-14(11-16)5-2-3-9-19/h4,6-8,10-11,13,19H,3,9,12H2,1H3. The summed E-state index contributed by atoms with van der Waals surface area (Å²) in [6, 6.07) is 9.02. The fourth-order valence-electron chi connectivity index (χ4n) is 1.90. The topological polar surface area (TPSA) is 53.7 Å². The van der Waals surface area contributed by atoms with Crippen molar-refractivity contribution in [3.63, 3.8) is 0 Å². The van der Waals surface area contributed by atoms with Crippen LogP contribution in [0.5, 0.6) is 0 Å². The number of carbonyl (C=O) groups is 1. The normalized spacial score (nSPS) is 9.81. The lowest BCUT2D eigenvalue weighted by molar-refractivity contribution is 0.0785. The molecular weight excluding hydrogens is 266 g/mol. The second-order valence-corrected chi connectivity index (χ2v) is 4.65. The van der Waals surface area contributed by atoms with Gasteiger partial charge in [0.05, 0.1) is 19.1 Å². The molecule has 2 aromatic rings. The van der Waals surface area contributed by atoms with Crippen LogP contribution in [0, 0.1) is 11.8 Å². The maximum atomic E-state index is 12.4. The minimum absolute atomic E-state index is 0.0407. The fraction of sp³-hybridized carbons (Fsp3) is 0.235. The number of aliphatic hydroxyl groups excluding tert-OH is 1. The first-order chi connectivity index (χ1) is 10.2. The summed E-state index contributed by atoms with van der Waals surface area (Å²) >= 11 is 0. The summed E-state index contributed by atoms with van der Waals surface area (Å²) < 4.78 is 5.00. The van der Waals surface area contributed by atoms with Crippen molar-refractivity contribution in [2.24, 2.45) is 0 Å². The van der Waals surface area contributed by atoms with Gasteiger partial charge in [-0.2, -0.15) is 0 Å². The van der Waals surface area contributed by atoms with Crippen LogP contribution >= 0.6 is 0 Å². The van der Waals surface area contributed by atoms with E-state index in [1.807, 2.05) is 18.2 Å². The van der Waals surface area contributed by atoms with E-state index >= 15 is 0 Å². The van der Waals surface area contributed by atoms with Gasteiger partial charge in [0.2, 0.25) is 0 Å². The Labute approximate surface area is 124 Å². The Morgan fingerprint density at radius 3 is 2.95 bits per heavy atom. The van der Waals surface area contributed by atoms with Gasteiger partial charge in [0.15, 0.2) is 0 Å². The molecule has 0 aliphatic carbocycles. The molecule has 0 radical (unpaired) electrons. The van der Waals surface area contributed by atoms with Crippen LogP contribution in [0.1, 0.15) is 27.9 Å². The van der Waals surface area contributed by atoms with E-state index in [4.69, 9.17) is 9.52 Å². The number of carbonyl (C=O) groups excluding carboxylic acids is 1. The van der Waals surface area contributed by atoms with Crippen molar-refractivity contribution >= 4 is 5.91 Å². The van der Waals surface area contributed by atoms with Crippen molar-refractivity contribution in [3.05, 3.63) is 59.5 Å². The summed E-state index contributed by atoms with van der Waals surface area (Å²) in [4.78, 5) is 14.0. The molecule has 0 saturated heterocycles. The van der Waals surface area contributed by atoms with Crippen molar-refractivity contribution in [2.45, 2.75) is 13.0 Å². The van der Waals surface area contributed by atoms with E-state index in [2.05, 4.69) is 11.8 Å². The van der Waals surface area contributed by atoms with Crippen molar-refractivity contribution in [3.8, 4) is 11.8 Å². The Kier molecular flexibility index (Phi) is 5.19. The van der Waals surface area contributed by atoms with E-state index < -0.39 is 0 Å². The predicted octanol–water partition coefficient (Wildman–Crippen LogP) is 2.29. The van der Waals surface area contributed by atoms with E-state index in [9.17, 15) is 4.79 Å². The Morgan fingerprint density at radius 2 is 2.24 bits per heavy atom. The number of amides is 1. The quantitative estimate of drug-likeness (QED) is 0.876. The highest BCUT2D eigenvalue weighted by Gasteiger charge is 2.12. The molecule has 1 N–H and O–H groups in total. The molecule has 1 aromatic carbocycles. The van der Waals surface area contributed by atoms with E-state index in [0.717, 1.165) is 11.1 Å². The Hall–Kier alpha value is -2.51. The zero-order valence-electron chi connectivity index (χ0n) is 11.9. The summed E-state index contributed by atoms with van der Waals surface area (Å²) in [5.74, 6) is 5.71. The zero-order valence-corrected chi connectivity index (χ0v) is 11.9. The van der Waals surface area contributed by atoms with Crippen LogP contribution < -0.4 is 0 Å². The van der Waals surface area contributed by atoms with E-state index in [1.54, 1.807) is 36.6 Å². The number of benzene rings is 1. The monoisotopic (exact) mass is 283 g/mol. The zero-order chi connectivity index (χ0) is 15.1. The summed E-state index contributed by atoms with van der Waals surface area (Å²) in [5, 5.41) is 8.71. The third kappa shape index (κ3) is 4.23. The Morgan fingerprint density at radius 1 is 1.38 bits per heavy atom. The van der Waals surface area contributed by atoms with Gasteiger partial charge in [-0.1, -0.05) is 17.9 Å². The predicted molar refractivity (Wildman–Crippen MR) is 79.5 cm³/mol. The third-order valence-corrected chi connectivity index (χ3v) is 2.93. The van der Waals surface area contributed by atoms with E-state index in [1.165, 1.54) is 0 Å². The number of aliphatic hydroxyl groups is 1. The number of hydrogen-bond donors (Lipinski definition) is 1. The highest BCUT2D eigenvalue weighted by atomic mass is 16.3. The van der Waals surface area contributed by atoms with Crippen molar-refractivity contribution in [2.75, 3.05) is 13.7 Å². The first kappa shape index (κ1) is 14.9. The van der Waals surface area contributed by atoms with Gasteiger partial charge >= 0.3 is 0 Å². The Bertz CT molecular complexity index is 650. The van der Waals surface area contributed by atoms with Gasteiger partial charge in [-0.3, -0.25) is 4.79 Å². The van der Waals surface area contributed by atoms with E-state index in [-0.39, 0.29) is 12.5 Å². The van der Waals surface area contributed by atoms with Crippen LogP contribution in [0.4, 0.5) is 0 Å². The average Bonchev–Trinajstić information content (AvgIpc) is 3.00. The summed E-state index contributed by atoms with van der Waals surface area (Å²) in [7, 11) is 1.75. The minimum Gasteiger partial charge on any atom is -0.472 e.